The number of ether oxygens (including phenoxy) is 1. The zero-order valence-electron chi connectivity index (χ0n) is 33.8. The molecule has 16 heteroatoms. The second-order valence-electron chi connectivity index (χ2n) is 16.2. The number of carbonyl (C=O) groups excluding carboxylic acids is 5. The van der Waals surface area contributed by atoms with Gasteiger partial charge in [-0.3, -0.25) is 24.2 Å². The van der Waals surface area contributed by atoms with Crippen LogP contribution in [0.25, 0.3) is 0 Å². The topological polar surface area (TPSA) is 145 Å². The highest BCUT2D eigenvalue weighted by molar-refractivity contribution is 6.35. The Hall–Kier alpha value is -5.14. The minimum Gasteiger partial charge on any atom is -0.481 e. The van der Waals surface area contributed by atoms with Crippen LogP contribution in [0.15, 0.2) is 84.9 Å². The number of benzene rings is 4. The lowest BCUT2D eigenvalue weighted by atomic mass is 9.77. The maximum absolute atomic E-state index is 13.4. The van der Waals surface area contributed by atoms with Gasteiger partial charge in [-0.25, -0.2) is 9.59 Å². The maximum Gasteiger partial charge on any atom is 0.324 e. The molecule has 4 aromatic carbocycles. The first-order chi connectivity index (χ1) is 28.8. The van der Waals surface area contributed by atoms with Gasteiger partial charge in [0.1, 0.15) is 5.78 Å². The summed E-state index contributed by atoms with van der Waals surface area (Å²) in [5.41, 5.74) is 3.26. The molecule has 1 atom stereocenters. The zero-order chi connectivity index (χ0) is 44.2. The van der Waals surface area contributed by atoms with Crippen molar-refractivity contribution in [1.29, 1.82) is 0 Å². The summed E-state index contributed by atoms with van der Waals surface area (Å²) in [5, 5.41) is 11.4. The van der Waals surface area contributed by atoms with E-state index in [1.54, 1.807) is 56.0 Å². The number of hydrogen-bond acceptors (Lipinski definition) is 7. The molecule has 0 aliphatic carbocycles. The van der Waals surface area contributed by atoms with Gasteiger partial charge in [-0.15, -0.1) is 0 Å². The van der Waals surface area contributed by atoms with Crippen molar-refractivity contribution in [2.24, 2.45) is 10.8 Å². The standard InChI is InChI=1S/C23H24Cl2N2O4.C22H20Cl2N2O4/c1-15-3-7-19(8-4-15)27-14-23(10-16(2)28,11-21(29)30)13-26(22(27)31)12-17-5-6-18(24)9-20(17)25;1-14-2-6-17(7-3-14)26-13-22(9-19(27)30-20(28)10-22)12-25(21(26)29)11-15-4-5-16(23)8-18(15)24/h3-9H,10-14H2,1-2H3,(H,29,30);2-8H,9-13H2,1H3. The normalized spacial score (nSPS) is 18.8. The van der Waals surface area contributed by atoms with E-state index in [0.717, 1.165) is 16.7 Å². The summed E-state index contributed by atoms with van der Waals surface area (Å²) in [6.45, 7) is 6.57. The van der Waals surface area contributed by atoms with E-state index in [9.17, 15) is 33.9 Å². The minimum absolute atomic E-state index is 0.0553. The summed E-state index contributed by atoms with van der Waals surface area (Å²) in [4.78, 5) is 81.1. The van der Waals surface area contributed by atoms with Gasteiger partial charge in [0.15, 0.2) is 0 Å². The van der Waals surface area contributed by atoms with Gasteiger partial charge in [0.2, 0.25) is 0 Å². The fourth-order valence-electron chi connectivity index (χ4n) is 8.24. The minimum atomic E-state index is -1.01. The number of aliphatic carboxylic acids is 1. The molecule has 3 fully saturated rings. The van der Waals surface area contributed by atoms with E-state index in [4.69, 9.17) is 51.1 Å². The highest BCUT2D eigenvalue weighted by Gasteiger charge is 2.49. The molecular formula is C45H44Cl4N4O8. The van der Waals surface area contributed by atoms with Crippen LogP contribution in [0, 0.1) is 24.7 Å². The smallest absolute Gasteiger partial charge is 0.324 e. The predicted molar refractivity (Wildman–Crippen MR) is 234 cm³/mol. The van der Waals surface area contributed by atoms with Crippen LogP contribution >= 0.6 is 46.4 Å². The molecule has 3 aliphatic rings. The fourth-order valence-corrected chi connectivity index (χ4v) is 9.17. The summed E-state index contributed by atoms with van der Waals surface area (Å²) in [6, 6.07) is 24.7. The molecule has 3 heterocycles. The number of ketones is 1. The summed E-state index contributed by atoms with van der Waals surface area (Å²) < 4.78 is 4.75. The molecular weight excluding hydrogens is 866 g/mol. The van der Waals surface area contributed by atoms with Crippen LogP contribution in [0.4, 0.5) is 21.0 Å². The van der Waals surface area contributed by atoms with Crippen molar-refractivity contribution in [3.05, 3.63) is 127 Å². The number of cyclic esters (lactones) is 2. The average Bonchev–Trinajstić information content (AvgIpc) is 3.16. The number of carboxylic acids is 1. The van der Waals surface area contributed by atoms with Crippen LogP contribution in [0.1, 0.15) is 54.9 Å². The summed E-state index contributed by atoms with van der Waals surface area (Å²) in [7, 11) is 0. The molecule has 3 saturated heterocycles. The molecule has 7 rings (SSSR count). The van der Waals surface area contributed by atoms with Crippen LogP contribution in [-0.4, -0.2) is 76.8 Å². The van der Waals surface area contributed by atoms with E-state index >= 15 is 0 Å². The highest BCUT2D eigenvalue weighted by Crippen LogP contribution is 2.41. The van der Waals surface area contributed by atoms with E-state index in [-0.39, 0.29) is 82.8 Å². The average molecular weight is 911 g/mol. The number of esters is 2. The Kier molecular flexibility index (Phi) is 14.0. The Balaban J connectivity index is 0.000000204. The Morgan fingerprint density at radius 3 is 1.49 bits per heavy atom. The van der Waals surface area contributed by atoms with Crippen molar-refractivity contribution in [2.75, 3.05) is 36.0 Å². The maximum atomic E-state index is 13.4. The molecule has 320 valence electrons. The third-order valence-corrected chi connectivity index (χ3v) is 12.1. The Labute approximate surface area is 373 Å². The number of urea groups is 2. The van der Waals surface area contributed by atoms with Gasteiger partial charge in [-0.05, 0) is 80.4 Å². The van der Waals surface area contributed by atoms with E-state index in [2.05, 4.69) is 0 Å². The van der Waals surface area contributed by atoms with Gasteiger partial charge in [0.05, 0.1) is 19.3 Å². The van der Waals surface area contributed by atoms with Gasteiger partial charge >= 0.3 is 30.0 Å². The van der Waals surface area contributed by atoms with Gasteiger partial charge < -0.3 is 24.4 Å². The number of rotatable bonds is 10. The molecule has 0 aromatic heterocycles. The van der Waals surface area contributed by atoms with Gasteiger partial charge in [-0.1, -0.05) is 93.9 Å². The van der Waals surface area contributed by atoms with Crippen LogP contribution in [-0.2, 0) is 37.0 Å². The Morgan fingerprint density at radius 1 is 0.623 bits per heavy atom. The van der Waals surface area contributed by atoms with Crippen molar-refractivity contribution in [2.45, 2.75) is 59.5 Å². The first kappa shape index (κ1) is 45.4. The molecule has 4 amide bonds. The van der Waals surface area contributed by atoms with E-state index in [0.29, 0.717) is 37.0 Å². The van der Waals surface area contributed by atoms with Gasteiger partial charge in [0, 0.05) is 88.0 Å². The van der Waals surface area contributed by atoms with Gasteiger partial charge in [-0.2, -0.15) is 0 Å². The highest BCUT2D eigenvalue weighted by atomic mass is 35.5. The number of amides is 4. The first-order valence-corrected chi connectivity index (χ1v) is 20.9. The molecule has 1 N–H and O–H groups in total. The number of nitrogens with zero attached hydrogens (tertiary/aromatic N) is 4. The number of carbonyl (C=O) groups is 6. The van der Waals surface area contributed by atoms with Crippen molar-refractivity contribution >= 4 is 93.5 Å². The lowest BCUT2D eigenvalue weighted by Gasteiger charge is -2.48. The summed E-state index contributed by atoms with van der Waals surface area (Å²) in [5.74, 6) is -2.25. The third kappa shape index (κ3) is 11.2. The molecule has 0 radical (unpaired) electrons. The number of carboxylic acid groups (broad SMARTS) is 1. The lowest BCUT2D eigenvalue weighted by Crippen LogP contribution is -2.60. The SMILES string of the molecule is CC(=O)CC1(CC(=O)O)CN(Cc2ccc(Cl)cc2Cl)C(=O)N(c2ccc(C)cc2)C1.Cc1ccc(N2CC3(CC(=O)OC(=O)C3)CN(Cc3ccc(Cl)cc3Cl)C2=O)cc1. The third-order valence-electron chi connectivity index (χ3n) is 10.9. The van der Waals surface area contributed by atoms with E-state index in [1.165, 1.54) is 6.92 Å². The van der Waals surface area contributed by atoms with Crippen molar-refractivity contribution in [3.8, 4) is 0 Å². The van der Waals surface area contributed by atoms with Crippen LogP contribution in [0.5, 0.6) is 0 Å². The second-order valence-corrected chi connectivity index (χ2v) is 17.9. The number of hydrogen-bond donors (Lipinski definition) is 1. The van der Waals surface area contributed by atoms with Crippen LogP contribution in [0.3, 0.4) is 0 Å². The Bertz CT molecular complexity index is 2330. The predicted octanol–water partition coefficient (Wildman–Crippen LogP) is 9.78. The quantitative estimate of drug-likeness (QED) is 0.122. The Morgan fingerprint density at radius 2 is 1.07 bits per heavy atom. The zero-order valence-corrected chi connectivity index (χ0v) is 36.8. The monoisotopic (exact) mass is 908 g/mol. The molecule has 4 aromatic rings. The molecule has 12 nitrogen and oxygen atoms in total. The molecule has 3 aliphatic heterocycles. The molecule has 61 heavy (non-hydrogen) atoms. The number of halogens is 4. The molecule has 0 saturated carbocycles. The second kappa shape index (κ2) is 18.9. The van der Waals surface area contributed by atoms with Crippen molar-refractivity contribution < 1.29 is 38.6 Å². The number of Topliss-reactive ketones (excluding diaryl/α,β-unsaturated/α-hetero) is 1. The molecule has 1 spiro atoms. The van der Waals surface area contributed by atoms with E-state index in [1.807, 2.05) is 62.4 Å². The molecule has 0 bridgehead atoms. The van der Waals surface area contributed by atoms with Crippen molar-refractivity contribution in [3.63, 3.8) is 0 Å². The largest absolute Gasteiger partial charge is 0.481 e. The van der Waals surface area contributed by atoms with Crippen LogP contribution in [0.2, 0.25) is 20.1 Å². The fraction of sp³-hybridized carbons (Fsp3) is 0.333. The van der Waals surface area contributed by atoms with Crippen molar-refractivity contribution in [1.82, 2.24) is 9.80 Å². The van der Waals surface area contributed by atoms with Crippen LogP contribution < -0.4 is 9.80 Å². The summed E-state index contributed by atoms with van der Waals surface area (Å²) >= 11 is 24.6. The number of anilines is 2. The lowest BCUT2D eigenvalue weighted by molar-refractivity contribution is -0.170. The summed E-state index contributed by atoms with van der Waals surface area (Å²) in [6.07, 6.45) is -0.0364. The number of aryl methyl sites for hydroxylation is 2. The molecule has 1 unspecified atom stereocenters. The first-order valence-electron chi connectivity index (χ1n) is 19.4. The van der Waals surface area contributed by atoms with Gasteiger partial charge in [0.25, 0.3) is 0 Å². The van der Waals surface area contributed by atoms with E-state index < -0.39 is 28.7 Å².